The highest BCUT2D eigenvalue weighted by atomic mass is 16.5. The van der Waals surface area contributed by atoms with Crippen molar-refractivity contribution in [3.05, 3.63) is 65.0 Å². The third-order valence-electron chi connectivity index (χ3n) is 5.69. The van der Waals surface area contributed by atoms with Crippen LogP contribution in [0.4, 0.5) is 0 Å². The fraction of sp³-hybridized carbons (Fsp3) is 0.423. The van der Waals surface area contributed by atoms with E-state index in [-0.39, 0.29) is 16.7 Å². The summed E-state index contributed by atoms with van der Waals surface area (Å²) >= 11 is 0. The zero-order valence-corrected chi connectivity index (χ0v) is 20.3. The quantitative estimate of drug-likeness (QED) is 0.392. The number of ether oxygens (including phenoxy) is 1. The smallest absolute Gasteiger partial charge is 0.295 e. The van der Waals surface area contributed by atoms with Gasteiger partial charge < -0.3 is 19.6 Å². The number of likely N-dealkylation sites (tertiary alicyclic amines) is 1. The van der Waals surface area contributed by atoms with Crippen molar-refractivity contribution in [2.75, 3.05) is 33.8 Å². The van der Waals surface area contributed by atoms with Gasteiger partial charge in [-0.25, -0.2) is 0 Å². The van der Waals surface area contributed by atoms with Gasteiger partial charge in [0.25, 0.3) is 11.7 Å². The van der Waals surface area contributed by atoms with E-state index in [1.165, 1.54) is 4.90 Å². The molecule has 1 aromatic carbocycles. The summed E-state index contributed by atoms with van der Waals surface area (Å²) < 4.78 is 5.78. The van der Waals surface area contributed by atoms with Crippen LogP contribution < -0.4 is 4.74 Å². The van der Waals surface area contributed by atoms with Gasteiger partial charge in [0.15, 0.2) is 0 Å². The highest BCUT2D eigenvalue weighted by molar-refractivity contribution is 6.46. The van der Waals surface area contributed by atoms with E-state index in [0.717, 1.165) is 11.3 Å². The van der Waals surface area contributed by atoms with E-state index in [2.05, 4.69) is 25.8 Å². The Labute approximate surface area is 195 Å². The average molecular weight is 452 g/mol. The number of aromatic nitrogens is 1. The summed E-state index contributed by atoms with van der Waals surface area (Å²) in [7, 11) is 3.81. The zero-order valence-electron chi connectivity index (χ0n) is 20.3. The second-order valence-corrected chi connectivity index (χ2v) is 9.48. The van der Waals surface area contributed by atoms with Crippen LogP contribution in [0, 0.1) is 0 Å². The molecule has 0 radical (unpaired) electrons. The van der Waals surface area contributed by atoms with Gasteiger partial charge in [-0.1, -0.05) is 26.8 Å². The van der Waals surface area contributed by atoms with Gasteiger partial charge in [-0.15, -0.1) is 0 Å². The molecule has 3 rings (SSSR count). The summed E-state index contributed by atoms with van der Waals surface area (Å²) in [6.07, 6.45) is 3.27. The maximum atomic E-state index is 13.1. The molecule has 1 unspecified atom stereocenters. The number of nitrogens with zero attached hydrogens (tertiary/aromatic N) is 3. The first-order valence-corrected chi connectivity index (χ1v) is 11.2. The predicted molar refractivity (Wildman–Crippen MR) is 128 cm³/mol. The molecule has 0 saturated carbocycles. The minimum atomic E-state index is -0.705. The van der Waals surface area contributed by atoms with Crippen molar-refractivity contribution in [1.82, 2.24) is 14.8 Å². The Hall–Kier alpha value is -3.19. The lowest BCUT2D eigenvalue weighted by Gasteiger charge is -2.26. The van der Waals surface area contributed by atoms with Gasteiger partial charge in [-0.3, -0.25) is 14.6 Å². The van der Waals surface area contributed by atoms with Crippen molar-refractivity contribution in [3.8, 4) is 5.75 Å². The largest absolute Gasteiger partial charge is 0.507 e. The molecule has 2 heterocycles. The van der Waals surface area contributed by atoms with Crippen LogP contribution in [0.3, 0.4) is 0 Å². The van der Waals surface area contributed by atoms with Gasteiger partial charge in [-0.05, 0) is 56.3 Å². The van der Waals surface area contributed by atoms with Crippen LogP contribution in [0.2, 0.25) is 0 Å². The number of carbonyl (C=O) groups is 2. The summed E-state index contributed by atoms with van der Waals surface area (Å²) in [6, 6.07) is 8.24. The normalized spacial score (nSPS) is 18.3. The lowest BCUT2D eigenvalue weighted by atomic mass is 9.84. The van der Waals surface area contributed by atoms with Crippen molar-refractivity contribution < 1.29 is 19.4 Å². The molecule has 1 saturated heterocycles. The van der Waals surface area contributed by atoms with E-state index in [9.17, 15) is 14.7 Å². The molecule has 1 N–H and O–H groups in total. The first-order chi connectivity index (χ1) is 15.6. The van der Waals surface area contributed by atoms with E-state index in [1.54, 1.807) is 30.6 Å². The Balaban J connectivity index is 2.17. The molecule has 1 fully saturated rings. The topological polar surface area (TPSA) is 83.0 Å². The molecule has 1 atom stereocenters. The number of aliphatic hydroxyl groups excluding tert-OH is 1. The summed E-state index contributed by atoms with van der Waals surface area (Å²) in [4.78, 5) is 33.8. The summed E-state index contributed by atoms with van der Waals surface area (Å²) in [5, 5.41) is 11.4. The van der Waals surface area contributed by atoms with Gasteiger partial charge in [-0.2, -0.15) is 0 Å². The second kappa shape index (κ2) is 9.75. The number of benzene rings is 1. The first-order valence-electron chi connectivity index (χ1n) is 11.2. The Morgan fingerprint density at radius 3 is 2.52 bits per heavy atom. The summed E-state index contributed by atoms with van der Waals surface area (Å²) in [6.45, 7) is 9.56. The lowest BCUT2D eigenvalue weighted by Crippen LogP contribution is -2.35. The van der Waals surface area contributed by atoms with E-state index in [0.29, 0.717) is 30.8 Å². The fourth-order valence-corrected chi connectivity index (χ4v) is 4.00. The van der Waals surface area contributed by atoms with Gasteiger partial charge in [0, 0.05) is 36.6 Å². The van der Waals surface area contributed by atoms with E-state index in [4.69, 9.17) is 4.74 Å². The Kier molecular flexibility index (Phi) is 7.22. The van der Waals surface area contributed by atoms with E-state index in [1.807, 2.05) is 38.1 Å². The minimum absolute atomic E-state index is 0.0794. The molecule has 1 aromatic heterocycles. The molecule has 0 bridgehead atoms. The monoisotopic (exact) mass is 451 g/mol. The van der Waals surface area contributed by atoms with Crippen molar-refractivity contribution >= 4 is 17.4 Å². The third kappa shape index (κ3) is 5.09. The van der Waals surface area contributed by atoms with Crippen molar-refractivity contribution in [2.45, 2.75) is 39.2 Å². The van der Waals surface area contributed by atoms with Crippen LogP contribution in [0.25, 0.3) is 5.76 Å². The van der Waals surface area contributed by atoms with Gasteiger partial charge in [0.2, 0.25) is 0 Å². The predicted octanol–water partition coefficient (Wildman–Crippen LogP) is 3.76. The molecule has 0 spiro atoms. The number of amides is 1. The minimum Gasteiger partial charge on any atom is -0.507 e. The summed E-state index contributed by atoms with van der Waals surface area (Å²) in [5.41, 5.74) is 1.90. The average Bonchev–Trinajstić information content (AvgIpc) is 3.02. The standard InChI is InChI=1S/C26H33N3O4/c1-7-33-20-11-10-17(15-19(20)26(2,3)4)23(30)21-22(18-9-8-12-27-16-18)29(14-13-28(5)6)25(32)24(21)31/h8-12,15-16,22,30H,7,13-14H2,1-6H3/b23-21-. The third-order valence-corrected chi connectivity index (χ3v) is 5.69. The number of rotatable bonds is 7. The number of ketones is 1. The fourth-order valence-electron chi connectivity index (χ4n) is 4.00. The summed E-state index contributed by atoms with van der Waals surface area (Å²) in [5.74, 6) is -0.763. The lowest BCUT2D eigenvalue weighted by molar-refractivity contribution is -0.140. The molecule has 176 valence electrons. The maximum absolute atomic E-state index is 13.1. The number of pyridine rings is 1. The maximum Gasteiger partial charge on any atom is 0.295 e. The second-order valence-electron chi connectivity index (χ2n) is 9.48. The SMILES string of the molecule is CCOc1ccc(/C(O)=C2/C(=O)C(=O)N(CCN(C)C)C2c2cccnc2)cc1C(C)(C)C. The molecule has 7 nitrogen and oxygen atoms in total. The van der Waals surface area contributed by atoms with E-state index < -0.39 is 17.7 Å². The van der Waals surface area contributed by atoms with Crippen molar-refractivity contribution in [1.29, 1.82) is 0 Å². The highest BCUT2D eigenvalue weighted by Crippen LogP contribution is 2.40. The first kappa shape index (κ1) is 24.5. The van der Waals surface area contributed by atoms with Crippen LogP contribution in [0.1, 0.15) is 50.4 Å². The molecular formula is C26H33N3O4. The number of likely N-dealkylation sites (N-methyl/N-ethyl adjacent to an activating group) is 1. The number of aliphatic hydroxyl groups is 1. The number of hydrogen-bond acceptors (Lipinski definition) is 6. The van der Waals surface area contributed by atoms with Crippen LogP contribution in [-0.4, -0.2) is 65.4 Å². The van der Waals surface area contributed by atoms with E-state index >= 15 is 0 Å². The van der Waals surface area contributed by atoms with Crippen LogP contribution >= 0.6 is 0 Å². The van der Waals surface area contributed by atoms with Crippen molar-refractivity contribution in [3.63, 3.8) is 0 Å². The Morgan fingerprint density at radius 2 is 1.94 bits per heavy atom. The molecule has 1 aliphatic rings. The molecule has 7 heteroatoms. The van der Waals surface area contributed by atoms with Crippen molar-refractivity contribution in [2.24, 2.45) is 0 Å². The molecule has 1 aliphatic heterocycles. The number of hydrogen-bond donors (Lipinski definition) is 1. The molecular weight excluding hydrogens is 418 g/mol. The van der Waals surface area contributed by atoms with Crippen LogP contribution in [0.15, 0.2) is 48.3 Å². The molecule has 0 aliphatic carbocycles. The Morgan fingerprint density at radius 1 is 1.21 bits per heavy atom. The Bertz CT molecular complexity index is 1050. The molecule has 1 amide bonds. The number of Topliss-reactive ketones (excluding diaryl/α,β-unsaturated/α-hetero) is 1. The molecule has 2 aromatic rings. The van der Waals surface area contributed by atoms with Gasteiger partial charge >= 0.3 is 0 Å². The zero-order chi connectivity index (χ0) is 24.3. The van der Waals surface area contributed by atoms with Crippen LogP contribution in [-0.2, 0) is 15.0 Å². The van der Waals surface area contributed by atoms with Gasteiger partial charge in [0.1, 0.15) is 11.5 Å². The number of carbonyl (C=O) groups excluding carboxylic acids is 2. The highest BCUT2D eigenvalue weighted by Gasteiger charge is 2.46. The van der Waals surface area contributed by atoms with Crippen LogP contribution in [0.5, 0.6) is 5.75 Å². The van der Waals surface area contributed by atoms with Gasteiger partial charge in [0.05, 0.1) is 18.2 Å². The molecule has 33 heavy (non-hydrogen) atoms.